The number of H-pyrrole nitrogens is 1. The molecule has 0 aliphatic carbocycles. The first-order valence-electron chi connectivity index (χ1n) is 11.2. The van der Waals surface area contributed by atoms with Crippen LogP contribution in [0, 0.1) is 13.8 Å². The molecule has 166 valence electrons. The van der Waals surface area contributed by atoms with Crippen molar-refractivity contribution < 1.29 is 24.1 Å². The van der Waals surface area contributed by atoms with Gasteiger partial charge in [-0.05, 0) is 44.9 Å². The number of quaternary nitrogens is 2. The Bertz CT molecular complexity index is 925. The van der Waals surface area contributed by atoms with Crippen LogP contribution in [-0.4, -0.2) is 62.1 Å². The molecule has 1 aromatic carbocycles. The third kappa shape index (κ3) is 5.51. The van der Waals surface area contributed by atoms with Crippen LogP contribution < -0.4 is 9.80 Å². The van der Waals surface area contributed by atoms with Crippen LogP contribution in [0.1, 0.15) is 51.5 Å². The van der Waals surface area contributed by atoms with Gasteiger partial charge in [-0.25, -0.2) is 4.79 Å². The fourth-order valence-corrected chi connectivity index (χ4v) is 4.40. The number of nitrogens with one attached hydrogen (secondary N) is 3. The molecule has 3 N–H and O–H groups in total. The van der Waals surface area contributed by atoms with Crippen molar-refractivity contribution in [2.75, 3.05) is 39.3 Å². The number of carbonyl (C=O) groups excluding carboxylic acids is 2. The van der Waals surface area contributed by atoms with E-state index in [1.165, 1.54) is 10.5 Å². The van der Waals surface area contributed by atoms with Crippen LogP contribution in [0.15, 0.2) is 36.4 Å². The molecule has 1 aliphatic rings. The van der Waals surface area contributed by atoms with E-state index in [0.717, 1.165) is 32.7 Å². The topological polar surface area (TPSA) is 68.0 Å². The van der Waals surface area contributed by atoms with Crippen molar-refractivity contribution in [1.82, 2.24) is 4.98 Å². The van der Waals surface area contributed by atoms with Crippen LogP contribution in [0.5, 0.6) is 0 Å². The summed E-state index contributed by atoms with van der Waals surface area (Å²) in [6.45, 7) is 12.8. The number of hydrogen-bond donors (Lipinski definition) is 3. The maximum absolute atomic E-state index is 13.2. The highest BCUT2D eigenvalue weighted by Gasteiger charge is 2.34. The first kappa shape index (κ1) is 23.0. The number of piperazine rings is 1. The van der Waals surface area contributed by atoms with E-state index >= 15 is 0 Å². The van der Waals surface area contributed by atoms with Gasteiger partial charge in [-0.2, -0.15) is 0 Å². The molecule has 1 saturated heterocycles. The lowest BCUT2D eigenvalue weighted by molar-refractivity contribution is -1.02. The number of hydrogen-bond acceptors (Lipinski definition) is 3. The highest BCUT2D eigenvalue weighted by Crippen LogP contribution is 2.20. The number of Topliss-reactive ketones (excluding diaryl/α,β-unsaturated/α-hetero) is 1. The molecule has 1 aliphatic heterocycles. The molecule has 3 rings (SSSR count). The van der Waals surface area contributed by atoms with E-state index in [-0.39, 0.29) is 17.8 Å². The molecule has 6 nitrogen and oxygen atoms in total. The summed E-state index contributed by atoms with van der Waals surface area (Å²) < 4.78 is 5.15. The summed E-state index contributed by atoms with van der Waals surface area (Å²) in [5.74, 6) is -0.299. The monoisotopic (exact) mass is 425 g/mol. The van der Waals surface area contributed by atoms with Crippen LogP contribution in [0.25, 0.3) is 6.08 Å². The van der Waals surface area contributed by atoms with Gasteiger partial charge in [0.15, 0.2) is 6.04 Å². The Kier molecular flexibility index (Phi) is 7.82. The molecule has 1 fully saturated rings. The Balaban J connectivity index is 1.56. The number of aromatic nitrogens is 1. The van der Waals surface area contributed by atoms with Crippen LogP contribution in [0.3, 0.4) is 0 Å². The Morgan fingerprint density at radius 2 is 1.81 bits per heavy atom. The van der Waals surface area contributed by atoms with Gasteiger partial charge >= 0.3 is 5.97 Å². The summed E-state index contributed by atoms with van der Waals surface area (Å²) in [7, 11) is 0. The Morgan fingerprint density at radius 3 is 2.45 bits per heavy atom. The molecule has 31 heavy (non-hydrogen) atoms. The normalized spacial score (nSPS) is 20.0. The zero-order valence-electron chi connectivity index (χ0n) is 19.1. The average Bonchev–Trinajstić information content (AvgIpc) is 3.08. The van der Waals surface area contributed by atoms with Crippen LogP contribution in [-0.2, 0) is 4.74 Å². The second-order valence-electron chi connectivity index (χ2n) is 8.36. The minimum atomic E-state index is -0.367. The predicted molar refractivity (Wildman–Crippen MR) is 122 cm³/mol. The van der Waals surface area contributed by atoms with Gasteiger partial charge in [-0.15, -0.1) is 0 Å². The lowest BCUT2D eigenvalue weighted by Gasteiger charge is -2.32. The van der Waals surface area contributed by atoms with Crippen molar-refractivity contribution in [3.05, 3.63) is 64.5 Å². The van der Waals surface area contributed by atoms with E-state index in [2.05, 4.69) is 41.4 Å². The number of ether oxygens (including phenoxy) is 1. The fourth-order valence-electron chi connectivity index (χ4n) is 4.40. The minimum absolute atomic E-state index is 0.0681. The van der Waals surface area contributed by atoms with Crippen LogP contribution >= 0.6 is 0 Å². The molecule has 0 bridgehead atoms. The molecule has 0 amide bonds. The Morgan fingerprint density at radius 1 is 1.13 bits per heavy atom. The zero-order valence-corrected chi connectivity index (χ0v) is 19.1. The number of aromatic amines is 1. The summed E-state index contributed by atoms with van der Waals surface area (Å²) in [6.07, 6.45) is 4.42. The number of esters is 1. The molecule has 0 saturated carbocycles. The lowest BCUT2D eigenvalue weighted by Crippen LogP contribution is -3.29. The third-order valence-electron chi connectivity index (χ3n) is 6.28. The van der Waals surface area contributed by atoms with E-state index < -0.39 is 0 Å². The maximum atomic E-state index is 13.2. The minimum Gasteiger partial charge on any atom is -0.462 e. The van der Waals surface area contributed by atoms with E-state index in [9.17, 15) is 9.59 Å². The number of benzene rings is 1. The van der Waals surface area contributed by atoms with Crippen molar-refractivity contribution in [1.29, 1.82) is 0 Å². The molecule has 2 heterocycles. The van der Waals surface area contributed by atoms with Crippen LogP contribution in [0.2, 0.25) is 0 Å². The summed E-state index contributed by atoms with van der Waals surface area (Å²) in [6, 6.07) is 10.2. The van der Waals surface area contributed by atoms with E-state index in [0.29, 0.717) is 29.1 Å². The summed E-state index contributed by atoms with van der Waals surface area (Å²) in [5, 5.41) is 0. The summed E-state index contributed by atoms with van der Waals surface area (Å²) >= 11 is 0. The largest absolute Gasteiger partial charge is 0.462 e. The molecule has 2 aromatic rings. The molecule has 0 unspecified atom stereocenters. The van der Waals surface area contributed by atoms with Gasteiger partial charge in [-0.3, -0.25) is 4.79 Å². The van der Waals surface area contributed by atoms with Crippen LogP contribution in [0.4, 0.5) is 0 Å². The van der Waals surface area contributed by atoms with Crippen molar-refractivity contribution in [2.24, 2.45) is 0 Å². The number of rotatable bonds is 8. The molecule has 1 atom stereocenters. The van der Waals surface area contributed by atoms with E-state index in [1.807, 2.05) is 26.8 Å². The SMILES string of the molecule is CCOC(=O)c1c(C)[nH]c(C(=O)[C@H](C)[NH+]2CC[NH+](C/C=C/c3ccccc3)CC2)c1C. The Hall–Kier alpha value is -2.70. The number of carbonyl (C=O) groups is 2. The molecule has 0 radical (unpaired) electrons. The fraction of sp³-hybridized carbons (Fsp3) is 0.440. The lowest BCUT2D eigenvalue weighted by atomic mass is 10.0. The van der Waals surface area contributed by atoms with Gasteiger partial charge in [0, 0.05) is 5.69 Å². The van der Waals surface area contributed by atoms with Gasteiger partial charge in [0.25, 0.3) is 0 Å². The Labute approximate surface area is 184 Å². The molecule has 0 spiro atoms. The molecule has 1 aromatic heterocycles. The smallest absolute Gasteiger partial charge is 0.340 e. The summed E-state index contributed by atoms with van der Waals surface area (Å²) in [5.41, 5.74) is 3.65. The first-order chi connectivity index (χ1) is 14.9. The van der Waals surface area contributed by atoms with Gasteiger partial charge in [0.1, 0.15) is 26.2 Å². The molecular weight excluding hydrogens is 390 g/mol. The van der Waals surface area contributed by atoms with Crippen molar-refractivity contribution in [3.8, 4) is 0 Å². The van der Waals surface area contributed by atoms with E-state index in [1.54, 1.807) is 11.8 Å². The maximum Gasteiger partial charge on any atom is 0.340 e. The highest BCUT2D eigenvalue weighted by atomic mass is 16.5. The van der Waals surface area contributed by atoms with Gasteiger partial charge < -0.3 is 19.5 Å². The average molecular weight is 426 g/mol. The van der Waals surface area contributed by atoms with Crippen molar-refractivity contribution in [2.45, 2.75) is 33.7 Å². The van der Waals surface area contributed by atoms with Gasteiger partial charge in [0.05, 0.1) is 24.4 Å². The first-order valence-corrected chi connectivity index (χ1v) is 11.2. The standard InChI is InChI=1S/C25H33N3O3/c1-5-31-25(30)22-18(2)23(26-19(22)3)24(29)20(4)28-16-14-27(15-17-28)13-9-12-21-10-7-6-8-11-21/h6-12,20,26H,5,13-17H2,1-4H3/p+2/b12-9+/t20-/m0/s1. The second kappa shape index (κ2) is 10.6. The molecule has 6 heteroatoms. The molecular formula is C25H35N3O3+2. The predicted octanol–water partition coefficient (Wildman–Crippen LogP) is 0.876. The number of aryl methyl sites for hydroxylation is 1. The highest BCUT2D eigenvalue weighted by molar-refractivity contribution is 6.03. The summed E-state index contributed by atoms with van der Waals surface area (Å²) in [4.78, 5) is 31.4. The third-order valence-corrected chi connectivity index (χ3v) is 6.28. The quantitative estimate of drug-likeness (QED) is 0.434. The van der Waals surface area contributed by atoms with Gasteiger partial charge in [-0.1, -0.05) is 36.4 Å². The van der Waals surface area contributed by atoms with E-state index in [4.69, 9.17) is 4.74 Å². The zero-order chi connectivity index (χ0) is 22.4. The van der Waals surface area contributed by atoms with Gasteiger partial charge in [0.2, 0.25) is 5.78 Å². The second-order valence-corrected chi connectivity index (χ2v) is 8.36. The van der Waals surface area contributed by atoms with Crippen molar-refractivity contribution in [3.63, 3.8) is 0 Å². The number of ketones is 1. The van der Waals surface area contributed by atoms with Crippen molar-refractivity contribution >= 4 is 17.8 Å².